The van der Waals surface area contributed by atoms with E-state index in [2.05, 4.69) is 5.32 Å². The van der Waals surface area contributed by atoms with Crippen LogP contribution in [0, 0.1) is 0 Å². The van der Waals surface area contributed by atoms with E-state index in [1.54, 1.807) is 19.2 Å². The number of methoxy groups -OCH3 is 1. The van der Waals surface area contributed by atoms with E-state index in [-0.39, 0.29) is 11.8 Å². The molecule has 0 saturated carbocycles. The summed E-state index contributed by atoms with van der Waals surface area (Å²) in [6.45, 7) is 2.36. The van der Waals surface area contributed by atoms with Crippen LogP contribution in [0.3, 0.4) is 0 Å². The van der Waals surface area contributed by atoms with Gasteiger partial charge in [-0.05, 0) is 31.2 Å². The van der Waals surface area contributed by atoms with E-state index in [0.717, 1.165) is 5.56 Å². The van der Waals surface area contributed by atoms with Gasteiger partial charge in [-0.15, -0.1) is 0 Å². The normalized spacial score (nSPS) is 12.1. The Morgan fingerprint density at radius 3 is 2.81 bits per heavy atom. The fourth-order valence-electron chi connectivity index (χ4n) is 1.96. The molecule has 0 saturated heterocycles. The van der Waals surface area contributed by atoms with Crippen molar-refractivity contribution >= 4 is 17.6 Å². The molecule has 0 fully saturated rings. The van der Waals surface area contributed by atoms with Gasteiger partial charge in [0, 0.05) is 17.1 Å². The SMILES string of the molecule is COc1cccc(Cl)c1CNC(C)c1ccc(C(=O)O)o1. The second-order valence-electron chi connectivity index (χ2n) is 4.53. The quantitative estimate of drug-likeness (QED) is 0.854. The van der Waals surface area contributed by atoms with E-state index < -0.39 is 5.97 Å². The maximum atomic E-state index is 10.8. The van der Waals surface area contributed by atoms with Crippen molar-refractivity contribution in [1.29, 1.82) is 0 Å². The second-order valence-corrected chi connectivity index (χ2v) is 4.94. The first-order chi connectivity index (χ1) is 10.0. The molecule has 1 unspecified atom stereocenters. The van der Waals surface area contributed by atoms with Gasteiger partial charge in [0.1, 0.15) is 11.5 Å². The molecule has 2 aromatic rings. The average molecular weight is 310 g/mol. The highest BCUT2D eigenvalue weighted by molar-refractivity contribution is 6.31. The molecule has 1 heterocycles. The summed E-state index contributed by atoms with van der Waals surface area (Å²) in [6.07, 6.45) is 0. The van der Waals surface area contributed by atoms with Gasteiger partial charge in [-0.1, -0.05) is 17.7 Å². The lowest BCUT2D eigenvalue weighted by Gasteiger charge is -2.14. The Labute approximate surface area is 127 Å². The Morgan fingerprint density at radius 2 is 2.19 bits per heavy atom. The van der Waals surface area contributed by atoms with Gasteiger partial charge in [-0.3, -0.25) is 0 Å². The summed E-state index contributed by atoms with van der Waals surface area (Å²) < 4.78 is 10.5. The minimum atomic E-state index is -1.08. The van der Waals surface area contributed by atoms with Crippen LogP contribution in [0.1, 0.15) is 34.8 Å². The van der Waals surface area contributed by atoms with Crippen LogP contribution in [-0.2, 0) is 6.54 Å². The molecule has 0 aliphatic carbocycles. The van der Waals surface area contributed by atoms with Crippen LogP contribution in [0.25, 0.3) is 0 Å². The standard InChI is InChI=1S/C15H16ClNO4/c1-9(12-6-7-14(21-12)15(18)19)17-8-10-11(16)4-3-5-13(10)20-2/h3-7,9,17H,8H2,1-2H3,(H,18,19). The lowest BCUT2D eigenvalue weighted by molar-refractivity contribution is 0.0659. The molecule has 2 N–H and O–H groups in total. The molecule has 1 aromatic carbocycles. The number of carboxylic acid groups (broad SMARTS) is 1. The fraction of sp³-hybridized carbons (Fsp3) is 0.267. The van der Waals surface area contributed by atoms with E-state index in [0.29, 0.717) is 23.1 Å². The lowest BCUT2D eigenvalue weighted by Crippen LogP contribution is -2.18. The van der Waals surface area contributed by atoms with Crippen molar-refractivity contribution in [2.45, 2.75) is 19.5 Å². The van der Waals surface area contributed by atoms with Gasteiger partial charge in [0.25, 0.3) is 0 Å². The van der Waals surface area contributed by atoms with Gasteiger partial charge in [0.2, 0.25) is 5.76 Å². The van der Waals surface area contributed by atoms with Crippen LogP contribution in [0.5, 0.6) is 5.75 Å². The van der Waals surface area contributed by atoms with Crippen molar-refractivity contribution in [2.75, 3.05) is 7.11 Å². The summed E-state index contributed by atoms with van der Waals surface area (Å²) >= 11 is 6.16. The molecular weight excluding hydrogens is 294 g/mol. The average Bonchev–Trinajstić information content (AvgIpc) is 2.95. The second kappa shape index (κ2) is 6.65. The van der Waals surface area contributed by atoms with Gasteiger partial charge in [-0.2, -0.15) is 0 Å². The van der Waals surface area contributed by atoms with Gasteiger partial charge in [-0.25, -0.2) is 4.79 Å². The predicted molar refractivity (Wildman–Crippen MR) is 78.9 cm³/mol. The van der Waals surface area contributed by atoms with Crippen molar-refractivity contribution in [3.63, 3.8) is 0 Å². The number of nitrogens with one attached hydrogen (secondary N) is 1. The topological polar surface area (TPSA) is 71.7 Å². The van der Waals surface area contributed by atoms with Crippen molar-refractivity contribution in [2.24, 2.45) is 0 Å². The first-order valence-electron chi connectivity index (χ1n) is 6.40. The molecule has 1 atom stereocenters. The third-order valence-electron chi connectivity index (χ3n) is 3.15. The summed E-state index contributed by atoms with van der Waals surface area (Å²) in [5, 5.41) is 12.7. The Hall–Kier alpha value is -1.98. The number of carbonyl (C=O) groups is 1. The lowest BCUT2D eigenvalue weighted by atomic mass is 10.1. The zero-order chi connectivity index (χ0) is 15.4. The van der Waals surface area contributed by atoms with Gasteiger partial charge >= 0.3 is 5.97 Å². The van der Waals surface area contributed by atoms with E-state index in [1.807, 2.05) is 19.1 Å². The number of ether oxygens (including phenoxy) is 1. The Morgan fingerprint density at radius 1 is 1.43 bits per heavy atom. The van der Waals surface area contributed by atoms with Crippen LogP contribution in [0.4, 0.5) is 0 Å². The number of carboxylic acids is 1. The summed E-state index contributed by atoms with van der Waals surface area (Å²) in [5.41, 5.74) is 0.846. The monoisotopic (exact) mass is 309 g/mol. The third-order valence-corrected chi connectivity index (χ3v) is 3.50. The van der Waals surface area contributed by atoms with Crippen molar-refractivity contribution in [3.8, 4) is 5.75 Å². The molecule has 112 valence electrons. The highest BCUT2D eigenvalue weighted by atomic mass is 35.5. The van der Waals surface area contributed by atoms with Crippen LogP contribution in [-0.4, -0.2) is 18.2 Å². The molecule has 0 bridgehead atoms. The smallest absolute Gasteiger partial charge is 0.371 e. The molecule has 0 radical (unpaired) electrons. The van der Waals surface area contributed by atoms with Crippen LogP contribution >= 0.6 is 11.6 Å². The molecular formula is C15H16ClNO4. The zero-order valence-corrected chi connectivity index (χ0v) is 12.5. The molecule has 0 spiro atoms. The Kier molecular flexibility index (Phi) is 4.88. The molecule has 21 heavy (non-hydrogen) atoms. The maximum Gasteiger partial charge on any atom is 0.371 e. The first kappa shape index (κ1) is 15.4. The highest BCUT2D eigenvalue weighted by Crippen LogP contribution is 2.27. The van der Waals surface area contributed by atoms with Crippen molar-refractivity contribution < 1.29 is 19.1 Å². The molecule has 2 rings (SSSR count). The van der Waals surface area contributed by atoms with Crippen molar-refractivity contribution in [3.05, 3.63) is 52.4 Å². The largest absolute Gasteiger partial charge is 0.496 e. The first-order valence-corrected chi connectivity index (χ1v) is 6.78. The number of rotatable bonds is 6. The van der Waals surface area contributed by atoms with E-state index in [1.165, 1.54) is 6.07 Å². The molecule has 0 amide bonds. The van der Waals surface area contributed by atoms with Gasteiger partial charge in [0.15, 0.2) is 0 Å². The maximum absolute atomic E-state index is 10.8. The number of benzene rings is 1. The zero-order valence-electron chi connectivity index (χ0n) is 11.7. The fourth-order valence-corrected chi connectivity index (χ4v) is 2.19. The van der Waals surface area contributed by atoms with Crippen LogP contribution in [0.2, 0.25) is 5.02 Å². The number of furan rings is 1. The number of hydrogen-bond donors (Lipinski definition) is 2. The molecule has 0 aliphatic rings. The van der Waals surface area contributed by atoms with E-state index in [9.17, 15) is 4.79 Å². The minimum absolute atomic E-state index is 0.0750. The third kappa shape index (κ3) is 3.56. The molecule has 6 heteroatoms. The van der Waals surface area contributed by atoms with Crippen LogP contribution < -0.4 is 10.1 Å². The van der Waals surface area contributed by atoms with Crippen LogP contribution in [0.15, 0.2) is 34.7 Å². The Balaban J connectivity index is 2.07. The predicted octanol–water partition coefficient (Wildman–Crippen LogP) is 3.49. The summed E-state index contributed by atoms with van der Waals surface area (Å²) in [5.74, 6) is 0.0986. The molecule has 0 aliphatic heterocycles. The van der Waals surface area contributed by atoms with Gasteiger partial charge in [0.05, 0.1) is 13.2 Å². The number of halogens is 1. The molecule has 1 aromatic heterocycles. The van der Waals surface area contributed by atoms with E-state index >= 15 is 0 Å². The highest BCUT2D eigenvalue weighted by Gasteiger charge is 2.15. The minimum Gasteiger partial charge on any atom is -0.496 e. The molecule has 5 nitrogen and oxygen atoms in total. The summed E-state index contributed by atoms with van der Waals surface area (Å²) in [7, 11) is 1.59. The summed E-state index contributed by atoms with van der Waals surface area (Å²) in [6, 6.07) is 8.37. The number of aromatic carboxylic acids is 1. The van der Waals surface area contributed by atoms with Gasteiger partial charge < -0.3 is 19.6 Å². The van der Waals surface area contributed by atoms with E-state index in [4.69, 9.17) is 25.9 Å². The number of hydrogen-bond acceptors (Lipinski definition) is 4. The Bertz CT molecular complexity index is 638. The summed E-state index contributed by atoms with van der Waals surface area (Å²) in [4.78, 5) is 10.8. The van der Waals surface area contributed by atoms with Crippen molar-refractivity contribution in [1.82, 2.24) is 5.32 Å².